The summed E-state index contributed by atoms with van der Waals surface area (Å²) in [7, 11) is 0. The van der Waals surface area contributed by atoms with Crippen LogP contribution in [0.25, 0.3) is 0 Å². The molecule has 1 aromatic carbocycles. The highest BCUT2D eigenvalue weighted by Crippen LogP contribution is 2.43. The minimum Gasteiger partial charge on any atom is -0.351 e. The van der Waals surface area contributed by atoms with Gasteiger partial charge in [0.15, 0.2) is 0 Å². The minimum atomic E-state index is 0.0431. The maximum absolute atomic E-state index is 12.4. The van der Waals surface area contributed by atoms with E-state index < -0.39 is 0 Å². The summed E-state index contributed by atoms with van der Waals surface area (Å²) in [6.07, 6.45) is 2.27. The molecule has 0 aromatic heterocycles. The molecule has 0 bridgehead atoms. The summed E-state index contributed by atoms with van der Waals surface area (Å²) >= 11 is 0. The van der Waals surface area contributed by atoms with E-state index in [-0.39, 0.29) is 11.3 Å². The molecule has 0 atom stereocenters. The SMILES string of the molecule is Cc1cc(C)c(C)c(C(=O)NCC2(CN)CC2)c1C. The van der Waals surface area contributed by atoms with E-state index in [9.17, 15) is 4.79 Å². The molecule has 1 aliphatic rings. The van der Waals surface area contributed by atoms with Crippen molar-refractivity contribution < 1.29 is 4.79 Å². The lowest BCUT2D eigenvalue weighted by molar-refractivity contribution is 0.0944. The minimum absolute atomic E-state index is 0.0431. The first-order valence-electron chi connectivity index (χ1n) is 6.96. The Morgan fingerprint density at radius 3 is 2.16 bits per heavy atom. The summed E-state index contributed by atoms with van der Waals surface area (Å²) in [6, 6.07) is 2.14. The third kappa shape index (κ3) is 2.66. The Balaban J connectivity index is 2.19. The highest BCUT2D eigenvalue weighted by Gasteiger charge is 2.41. The molecule has 3 nitrogen and oxygen atoms in total. The molecule has 1 saturated carbocycles. The molecule has 0 radical (unpaired) electrons. The predicted molar refractivity (Wildman–Crippen MR) is 78.4 cm³/mol. The van der Waals surface area contributed by atoms with Crippen LogP contribution in [0.2, 0.25) is 0 Å². The zero-order valence-corrected chi connectivity index (χ0v) is 12.4. The largest absolute Gasteiger partial charge is 0.351 e. The van der Waals surface area contributed by atoms with Crippen molar-refractivity contribution in [3.05, 3.63) is 33.9 Å². The van der Waals surface area contributed by atoms with Crippen molar-refractivity contribution in [3.63, 3.8) is 0 Å². The molecule has 0 aliphatic heterocycles. The maximum atomic E-state index is 12.4. The Kier molecular flexibility index (Phi) is 3.68. The summed E-state index contributed by atoms with van der Waals surface area (Å²) in [6.45, 7) is 9.52. The van der Waals surface area contributed by atoms with Crippen LogP contribution in [0.3, 0.4) is 0 Å². The molecular weight excluding hydrogens is 236 g/mol. The predicted octanol–water partition coefficient (Wildman–Crippen LogP) is 2.39. The van der Waals surface area contributed by atoms with E-state index in [1.165, 1.54) is 11.1 Å². The molecule has 19 heavy (non-hydrogen) atoms. The van der Waals surface area contributed by atoms with Crippen molar-refractivity contribution >= 4 is 5.91 Å². The van der Waals surface area contributed by atoms with Crippen LogP contribution in [-0.2, 0) is 0 Å². The molecule has 2 rings (SSSR count). The first kappa shape index (κ1) is 14.1. The number of rotatable bonds is 4. The lowest BCUT2D eigenvalue weighted by atomic mass is 9.93. The van der Waals surface area contributed by atoms with Crippen LogP contribution < -0.4 is 11.1 Å². The monoisotopic (exact) mass is 260 g/mol. The van der Waals surface area contributed by atoms with Gasteiger partial charge in [-0.05, 0) is 69.3 Å². The summed E-state index contributed by atoms with van der Waals surface area (Å²) < 4.78 is 0. The van der Waals surface area contributed by atoms with Crippen LogP contribution in [0, 0.1) is 33.1 Å². The molecule has 3 heteroatoms. The average molecular weight is 260 g/mol. The number of nitrogens with two attached hydrogens (primary N) is 1. The quantitative estimate of drug-likeness (QED) is 0.873. The van der Waals surface area contributed by atoms with Crippen molar-refractivity contribution in [2.75, 3.05) is 13.1 Å². The van der Waals surface area contributed by atoms with Gasteiger partial charge in [0.25, 0.3) is 5.91 Å². The molecule has 0 saturated heterocycles. The van der Waals surface area contributed by atoms with Gasteiger partial charge in [-0.1, -0.05) is 6.07 Å². The average Bonchev–Trinajstić information content (AvgIpc) is 3.15. The van der Waals surface area contributed by atoms with E-state index in [1.54, 1.807) is 0 Å². The second-order valence-electron chi connectivity index (χ2n) is 6.02. The van der Waals surface area contributed by atoms with E-state index in [2.05, 4.69) is 25.2 Å². The van der Waals surface area contributed by atoms with Gasteiger partial charge in [-0.2, -0.15) is 0 Å². The molecule has 3 N–H and O–H groups in total. The normalized spacial score (nSPS) is 16.3. The third-order valence-corrected chi connectivity index (χ3v) is 4.61. The number of nitrogens with one attached hydrogen (secondary N) is 1. The van der Waals surface area contributed by atoms with Crippen LogP contribution >= 0.6 is 0 Å². The molecular formula is C16H24N2O. The third-order valence-electron chi connectivity index (χ3n) is 4.61. The van der Waals surface area contributed by atoms with Crippen LogP contribution in [0.5, 0.6) is 0 Å². The van der Waals surface area contributed by atoms with Gasteiger partial charge in [-0.3, -0.25) is 4.79 Å². The Bertz CT molecular complexity index is 490. The molecule has 104 valence electrons. The van der Waals surface area contributed by atoms with Gasteiger partial charge in [0.1, 0.15) is 0 Å². The van der Waals surface area contributed by atoms with Crippen molar-refractivity contribution in [2.24, 2.45) is 11.1 Å². The number of hydrogen-bond donors (Lipinski definition) is 2. The molecule has 1 aromatic rings. The standard InChI is InChI=1S/C16H24N2O/c1-10-7-11(2)13(4)14(12(10)3)15(19)18-9-16(8-17)5-6-16/h7H,5-6,8-9,17H2,1-4H3,(H,18,19). The fourth-order valence-corrected chi connectivity index (χ4v) is 2.54. The molecule has 1 amide bonds. The summed E-state index contributed by atoms with van der Waals surface area (Å²) in [5, 5.41) is 3.07. The molecule has 0 unspecified atom stereocenters. The van der Waals surface area contributed by atoms with Gasteiger partial charge < -0.3 is 11.1 Å². The lowest BCUT2D eigenvalue weighted by Gasteiger charge is -2.17. The van der Waals surface area contributed by atoms with Gasteiger partial charge in [-0.15, -0.1) is 0 Å². The van der Waals surface area contributed by atoms with Gasteiger partial charge in [-0.25, -0.2) is 0 Å². The molecule has 0 heterocycles. The zero-order chi connectivity index (χ0) is 14.2. The fraction of sp³-hybridized carbons (Fsp3) is 0.562. The highest BCUT2D eigenvalue weighted by molar-refractivity contribution is 5.97. The first-order valence-corrected chi connectivity index (χ1v) is 6.96. The van der Waals surface area contributed by atoms with E-state index in [0.29, 0.717) is 13.1 Å². The second-order valence-corrected chi connectivity index (χ2v) is 6.02. The number of benzene rings is 1. The Labute approximate surface area is 115 Å². The van der Waals surface area contributed by atoms with Gasteiger partial charge in [0.05, 0.1) is 0 Å². The Morgan fingerprint density at radius 2 is 1.74 bits per heavy atom. The van der Waals surface area contributed by atoms with Gasteiger partial charge in [0, 0.05) is 17.5 Å². The highest BCUT2D eigenvalue weighted by atomic mass is 16.1. The second kappa shape index (κ2) is 4.97. The number of aryl methyl sites for hydroxylation is 2. The number of hydrogen-bond acceptors (Lipinski definition) is 2. The van der Waals surface area contributed by atoms with E-state index in [4.69, 9.17) is 5.73 Å². The van der Waals surface area contributed by atoms with Gasteiger partial charge >= 0.3 is 0 Å². The molecule has 0 spiro atoms. The first-order chi connectivity index (χ1) is 8.90. The molecule has 1 aliphatic carbocycles. The van der Waals surface area contributed by atoms with Crippen molar-refractivity contribution in [2.45, 2.75) is 40.5 Å². The van der Waals surface area contributed by atoms with Crippen molar-refractivity contribution in [1.29, 1.82) is 0 Å². The van der Waals surface area contributed by atoms with Crippen LogP contribution in [0.15, 0.2) is 6.07 Å². The fourth-order valence-electron chi connectivity index (χ4n) is 2.54. The summed E-state index contributed by atoms with van der Waals surface area (Å²) in [5.74, 6) is 0.0431. The number of carbonyl (C=O) groups is 1. The van der Waals surface area contributed by atoms with Crippen molar-refractivity contribution in [3.8, 4) is 0 Å². The smallest absolute Gasteiger partial charge is 0.251 e. The van der Waals surface area contributed by atoms with Crippen molar-refractivity contribution in [1.82, 2.24) is 5.32 Å². The van der Waals surface area contributed by atoms with E-state index in [0.717, 1.165) is 29.5 Å². The Hall–Kier alpha value is -1.35. The number of carbonyl (C=O) groups excluding carboxylic acids is 1. The van der Waals surface area contributed by atoms with E-state index >= 15 is 0 Å². The van der Waals surface area contributed by atoms with Crippen LogP contribution in [0.4, 0.5) is 0 Å². The van der Waals surface area contributed by atoms with Crippen LogP contribution in [0.1, 0.15) is 45.5 Å². The summed E-state index contributed by atoms with van der Waals surface area (Å²) in [5.41, 5.74) is 11.3. The zero-order valence-electron chi connectivity index (χ0n) is 12.4. The van der Waals surface area contributed by atoms with E-state index in [1.807, 2.05) is 13.8 Å². The van der Waals surface area contributed by atoms with Gasteiger partial charge in [0.2, 0.25) is 0 Å². The van der Waals surface area contributed by atoms with Crippen LogP contribution in [-0.4, -0.2) is 19.0 Å². The number of amides is 1. The Morgan fingerprint density at radius 1 is 1.21 bits per heavy atom. The molecule has 1 fully saturated rings. The topological polar surface area (TPSA) is 55.1 Å². The summed E-state index contributed by atoms with van der Waals surface area (Å²) in [4.78, 5) is 12.4. The maximum Gasteiger partial charge on any atom is 0.251 e. The lowest BCUT2D eigenvalue weighted by Crippen LogP contribution is -2.34.